The molecule has 0 amide bonds. The Bertz CT molecular complexity index is 1270. The number of rotatable bonds is 37. The van der Waals surface area contributed by atoms with Gasteiger partial charge < -0.3 is 25.2 Å². The van der Waals surface area contributed by atoms with Crippen molar-refractivity contribution in [3.63, 3.8) is 0 Å². The first-order chi connectivity index (χ1) is 27.1. The van der Waals surface area contributed by atoms with Gasteiger partial charge in [-0.05, 0) is 77.0 Å². The Balaban J connectivity index is 4.57. The first kappa shape index (κ1) is 52.7. The molecule has 4 N–H and O–H groups in total. The number of allylic oxidation sites excluding steroid dienone is 14. The van der Waals surface area contributed by atoms with Gasteiger partial charge in [0.05, 0.1) is 13.2 Å². The van der Waals surface area contributed by atoms with Crippen LogP contribution in [0.2, 0.25) is 0 Å². The topological polar surface area (TPSA) is 172 Å². The minimum Gasteiger partial charge on any atom is -0.480 e. The zero-order chi connectivity index (χ0) is 41.4. The third-order valence-corrected chi connectivity index (χ3v) is 9.09. The quantitative estimate of drug-likeness (QED) is 0.0236. The minimum absolute atomic E-state index is 0.0285. The molecule has 1 unspecified atom stereocenters. The summed E-state index contributed by atoms with van der Waals surface area (Å²) in [5.41, 5.74) is 5.32. The van der Waals surface area contributed by atoms with Crippen LogP contribution in [0.15, 0.2) is 85.1 Å². The predicted molar refractivity (Wildman–Crippen MR) is 226 cm³/mol. The Hall–Kier alpha value is -3.34. The zero-order valence-electron chi connectivity index (χ0n) is 34.2. The van der Waals surface area contributed by atoms with Gasteiger partial charge in [0.15, 0.2) is 6.10 Å². The summed E-state index contributed by atoms with van der Waals surface area (Å²) in [6.07, 6.45) is 46.7. The number of unbranched alkanes of at least 4 members (excludes halogenated alkanes) is 9. The highest BCUT2D eigenvalue weighted by Crippen LogP contribution is 2.43. The maximum Gasteiger partial charge on any atom is 0.472 e. The van der Waals surface area contributed by atoms with E-state index in [1.54, 1.807) is 0 Å². The summed E-state index contributed by atoms with van der Waals surface area (Å²) in [6, 6.07) is -1.54. The third kappa shape index (κ3) is 37.6. The maximum absolute atomic E-state index is 12.6. The van der Waals surface area contributed by atoms with E-state index >= 15 is 0 Å². The molecule has 0 bridgehead atoms. The molecule has 0 aliphatic heterocycles. The van der Waals surface area contributed by atoms with Crippen molar-refractivity contribution >= 4 is 25.7 Å². The number of carboxylic acids is 1. The highest BCUT2D eigenvalue weighted by molar-refractivity contribution is 7.47. The summed E-state index contributed by atoms with van der Waals surface area (Å²) in [5.74, 6) is -2.52. The molecule has 0 aliphatic rings. The van der Waals surface area contributed by atoms with E-state index < -0.39 is 51.1 Å². The van der Waals surface area contributed by atoms with Gasteiger partial charge in [-0.3, -0.25) is 23.4 Å². The highest BCUT2D eigenvalue weighted by atomic mass is 31.2. The number of carboxylic acid groups (broad SMARTS) is 1. The number of ether oxygens (including phenoxy) is 2. The van der Waals surface area contributed by atoms with Gasteiger partial charge in [0.2, 0.25) is 0 Å². The fourth-order valence-electron chi connectivity index (χ4n) is 4.91. The maximum atomic E-state index is 12.6. The SMILES string of the molecule is CC/C=C/C/C=C/C/C=C/C/C=C/C/C=C/C/C=C/CCC(=O)O[C@@H](COC(=O)CCCCC/C=C/CCCCCCCC)COP(=O)(O)OC[C@H](N)C(=O)O. The molecule has 0 aromatic rings. The van der Waals surface area contributed by atoms with Crippen LogP contribution in [-0.4, -0.2) is 59.9 Å². The summed E-state index contributed by atoms with van der Waals surface area (Å²) in [4.78, 5) is 45.8. The normalized spacial score (nSPS) is 14.6. The number of nitrogens with two attached hydrogens (primary N) is 1. The van der Waals surface area contributed by atoms with E-state index in [1.165, 1.54) is 38.5 Å². The summed E-state index contributed by atoms with van der Waals surface area (Å²) >= 11 is 0. The highest BCUT2D eigenvalue weighted by Gasteiger charge is 2.28. The Kier molecular flexibility index (Phi) is 36.2. The van der Waals surface area contributed by atoms with Gasteiger partial charge >= 0.3 is 25.7 Å². The average molecular weight is 806 g/mol. The molecule has 0 fully saturated rings. The van der Waals surface area contributed by atoms with Gasteiger partial charge in [-0.2, -0.15) is 0 Å². The van der Waals surface area contributed by atoms with Crippen LogP contribution >= 0.6 is 7.82 Å². The molecule has 0 aromatic carbocycles. The van der Waals surface area contributed by atoms with Crippen molar-refractivity contribution in [3.05, 3.63) is 85.1 Å². The number of phosphoric acid groups is 1. The Morgan fingerprint density at radius 2 is 1.04 bits per heavy atom. The van der Waals surface area contributed by atoms with Crippen molar-refractivity contribution in [3.8, 4) is 0 Å². The first-order valence-corrected chi connectivity index (χ1v) is 22.1. The number of aliphatic carboxylic acids is 1. The number of phosphoric ester groups is 1. The lowest BCUT2D eigenvalue weighted by molar-refractivity contribution is -0.161. The summed E-state index contributed by atoms with van der Waals surface area (Å²) in [6.45, 7) is 2.56. The lowest BCUT2D eigenvalue weighted by Crippen LogP contribution is -2.34. The van der Waals surface area contributed by atoms with Crippen LogP contribution in [0.4, 0.5) is 0 Å². The zero-order valence-corrected chi connectivity index (χ0v) is 35.1. The first-order valence-electron chi connectivity index (χ1n) is 20.6. The van der Waals surface area contributed by atoms with E-state index in [-0.39, 0.29) is 19.4 Å². The number of carbonyl (C=O) groups is 3. The van der Waals surface area contributed by atoms with Crippen molar-refractivity contribution in [2.45, 2.75) is 154 Å². The van der Waals surface area contributed by atoms with Crippen molar-refractivity contribution in [1.29, 1.82) is 0 Å². The van der Waals surface area contributed by atoms with Crippen LogP contribution in [0.3, 0.4) is 0 Å². The molecule has 0 radical (unpaired) electrons. The average Bonchev–Trinajstić information content (AvgIpc) is 3.17. The Labute approximate surface area is 337 Å². The van der Waals surface area contributed by atoms with Crippen LogP contribution in [0.25, 0.3) is 0 Å². The smallest absolute Gasteiger partial charge is 0.472 e. The largest absolute Gasteiger partial charge is 0.480 e. The van der Waals surface area contributed by atoms with Crippen molar-refractivity contribution < 1.29 is 47.5 Å². The van der Waals surface area contributed by atoms with E-state index in [9.17, 15) is 23.8 Å². The van der Waals surface area contributed by atoms with Crippen LogP contribution in [-0.2, 0) is 37.5 Å². The second-order valence-electron chi connectivity index (χ2n) is 13.4. The van der Waals surface area contributed by atoms with Crippen LogP contribution < -0.4 is 5.73 Å². The number of esters is 2. The molecule has 0 aromatic heterocycles. The lowest BCUT2D eigenvalue weighted by Gasteiger charge is -2.20. The van der Waals surface area contributed by atoms with Gasteiger partial charge in [-0.15, -0.1) is 0 Å². The molecule has 12 heteroatoms. The molecule has 3 atom stereocenters. The third-order valence-electron chi connectivity index (χ3n) is 8.14. The van der Waals surface area contributed by atoms with E-state index in [0.29, 0.717) is 19.3 Å². The molecule has 0 aliphatic carbocycles. The molecule has 0 saturated heterocycles. The number of hydrogen-bond acceptors (Lipinski definition) is 9. The molecule has 318 valence electrons. The molecule has 0 rings (SSSR count). The lowest BCUT2D eigenvalue weighted by atomic mass is 10.1. The number of hydrogen-bond donors (Lipinski definition) is 3. The number of carbonyl (C=O) groups excluding carboxylic acids is 2. The van der Waals surface area contributed by atoms with Crippen LogP contribution in [0.1, 0.15) is 142 Å². The summed E-state index contributed by atoms with van der Waals surface area (Å²) < 4.78 is 32.5. The predicted octanol–water partition coefficient (Wildman–Crippen LogP) is 10.7. The standard InChI is InChI=1S/C44H72NO10P/c1-3-5-7-9-11-13-15-17-18-19-20-21-22-24-26-28-30-32-34-36-43(47)55-40(38-53-56(50,51)54-39-41(45)44(48)49)37-52-42(46)35-33-31-29-27-25-23-16-14-12-10-8-6-4-2/h5,7,11,13,17-18,20-21,23-26,30,32,40-41H,3-4,6,8-10,12,14-16,19,22,27-29,31,33-39,45H2,1-2H3,(H,48,49)(H,50,51)/b7-5+,13-11+,18-17+,21-20+,25-23+,26-24+,32-30+/t40-,41-/m0/s1. The summed E-state index contributed by atoms with van der Waals surface area (Å²) in [5, 5.41) is 8.87. The van der Waals surface area contributed by atoms with E-state index in [0.717, 1.165) is 57.8 Å². The van der Waals surface area contributed by atoms with Crippen molar-refractivity contribution in [2.24, 2.45) is 5.73 Å². The van der Waals surface area contributed by atoms with Crippen LogP contribution in [0, 0.1) is 0 Å². The monoisotopic (exact) mass is 805 g/mol. The van der Waals surface area contributed by atoms with E-state index in [2.05, 4.69) is 85.2 Å². The van der Waals surface area contributed by atoms with Gasteiger partial charge in [0.25, 0.3) is 0 Å². The molecule has 0 saturated carbocycles. The van der Waals surface area contributed by atoms with E-state index in [1.807, 2.05) is 18.2 Å². The molecule has 56 heavy (non-hydrogen) atoms. The minimum atomic E-state index is -4.74. The molecule has 11 nitrogen and oxygen atoms in total. The second-order valence-corrected chi connectivity index (χ2v) is 14.8. The molecule has 0 heterocycles. The van der Waals surface area contributed by atoms with Crippen LogP contribution in [0.5, 0.6) is 0 Å². The Morgan fingerprint density at radius 1 is 0.571 bits per heavy atom. The molecular formula is C44H72NO10P. The van der Waals surface area contributed by atoms with Gasteiger partial charge in [-0.1, -0.05) is 137 Å². The summed E-state index contributed by atoms with van der Waals surface area (Å²) in [7, 11) is -4.74. The van der Waals surface area contributed by atoms with Crippen molar-refractivity contribution in [2.75, 3.05) is 19.8 Å². The van der Waals surface area contributed by atoms with Gasteiger partial charge in [0, 0.05) is 12.8 Å². The molecule has 0 spiro atoms. The van der Waals surface area contributed by atoms with E-state index in [4.69, 9.17) is 24.8 Å². The fraction of sp³-hybridized carbons (Fsp3) is 0.614. The van der Waals surface area contributed by atoms with Gasteiger partial charge in [-0.25, -0.2) is 4.57 Å². The van der Waals surface area contributed by atoms with Crippen molar-refractivity contribution in [1.82, 2.24) is 0 Å². The Morgan fingerprint density at radius 3 is 1.57 bits per heavy atom. The van der Waals surface area contributed by atoms with Gasteiger partial charge in [0.1, 0.15) is 12.6 Å². The fourth-order valence-corrected chi connectivity index (χ4v) is 5.68. The molecular weight excluding hydrogens is 733 g/mol. The second kappa shape index (κ2) is 38.5.